The van der Waals surface area contributed by atoms with Gasteiger partial charge in [0.25, 0.3) is 0 Å². The van der Waals surface area contributed by atoms with Crippen LogP contribution in [-0.2, 0) is 6.54 Å². The first-order valence-electron chi connectivity index (χ1n) is 4.71. The summed E-state index contributed by atoms with van der Waals surface area (Å²) in [6.45, 7) is 4.45. The average Bonchev–Trinajstić information content (AvgIpc) is 2.16. The fraction of sp³-hybridized carbons (Fsp3) is 0.455. The van der Waals surface area contributed by atoms with Gasteiger partial charge in [-0.25, -0.2) is 0 Å². The second kappa shape index (κ2) is 4.86. The number of hydrogen-bond donors (Lipinski definition) is 1. The molecule has 0 aliphatic rings. The van der Waals surface area contributed by atoms with Gasteiger partial charge in [-0.3, -0.25) is 0 Å². The van der Waals surface area contributed by atoms with Gasteiger partial charge >= 0.3 is 0 Å². The Morgan fingerprint density at radius 3 is 2.57 bits per heavy atom. The summed E-state index contributed by atoms with van der Waals surface area (Å²) in [6, 6.07) is 5.67. The fourth-order valence-electron chi connectivity index (χ4n) is 1.19. The Labute approximate surface area is 84.8 Å². The molecule has 0 saturated heterocycles. The summed E-state index contributed by atoms with van der Waals surface area (Å²) in [5, 5.41) is 0. The topological polar surface area (TPSA) is 44.5 Å². The molecule has 0 spiro atoms. The van der Waals surface area contributed by atoms with E-state index >= 15 is 0 Å². The Morgan fingerprint density at radius 2 is 2.07 bits per heavy atom. The van der Waals surface area contributed by atoms with Crippen molar-refractivity contribution < 1.29 is 9.47 Å². The summed E-state index contributed by atoms with van der Waals surface area (Å²) in [6.07, 6.45) is 0.146. The number of benzene rings is 1. The van der Waals surface area contributed by atoms with Crippen LogP contribution in [-0.4, -0.2) is 13.2 Å². The van der Waals surface area contributed by atoms with E-state index < -0.39 is 0 Å². The monoisotopic (exact) mass is 195 g/mol. The van der Waals surface area contributed by atoms with E-state index in [1.807, 2.05) is 32.0 Å². The minimum atomic E-state index is 0.146. The molecule has 0 aliphatic heterocycles. The third kappa shape index (κ3) is 2.64. The van der Waals surface area contributed by atoms with Gasteiger partial charge in [0.2, 0.25) is 0 Å². The van der Waals surface area contributed by atoms with E-state index in [0.717, 1.165) is 17.1 Å². The van der Waals surface area contributed by atoms with Crippen molar-refractivity contribution in [3.8, 4) is 11.5 Å². The molecule has 0 heterocycles. The second-order valence-corrected chi connectivity index (χ2v) is 3.34. The summed E-state index contributed by atoms with van der Waals surface area (Å²) in [4.78, 5) is 0. The maximum Gasteiger partial charge on any atom is 0.127 e. The normalized spacial score (nSPS) is 10.4. The molecule has 0 atom stereocenters. The number of nitrogens with two attached hydrogens (primary N) is 1. The van der Waals surface area contributed by atoms with E-state index in [9.17, 15) is 0 Å². The molecule has 0 bridgehead atoms. The van der Waals surface area contributed by atoms with Crippen LogP contribution >= 0.6 is 0 Å². The molecular weight excluding hydrogens is 178 g/mol. The minimum Gasteiger partial charge on any atom is -0.497 e. The van der Waals surface area contributed by atoms with E-state index in [1.54, 1.807) is 7.11 Å². The van der Waals surface area contributed by atoms with Crippen molar-refractivity contribution in [1.29, 1.82) is 0 Å². The molecule has 0 saturated carbocycles. The molecular formula is C11H17NO2. The van der Waals surface area contributed by atoms with Crippen molar-refractivity contribution >= 4 is 0 Å². The third-order valence-corrected chi connectivity index (χ3v) is 1.86. The predicted molar refractivity (Wildman–Crippen MR) is 56.6 cm³/mol. The van der Waals surface area contributed by atoms with Crippen LogP contribution in [0.3, 0.4) is 0 Å². The highest BCUT2D eigenvalue weighted by atomic mass is 16.5. The lowest BCUT2D eigenvalue weighted by Gasteiger charge is -2.14. The SMILES string of the molecule is COc1ccc(CN)c(OC(C)C)c1. The summed E-state index contributed by atoms with van der Waals surface area (Å²) in [5.74, 6) is 1.60. The highest BCUT2D eigenvalue weighted by Crippen LogP contribution is 2.25. The smallest absolute Gasteiger partial charge is 0.127 e. The van der Waals surface area contributed by atoms with Crippen molar-refractivity contribution in [2.75, 3.05) is 7.11 Å². The summed E-state index contributed by atoms with van der Waals surface area (Å²) in [5.41, 5.74) is 6.60. The van der Waals surface area contributed by atoms with Crippen LogP contribution in [0.25, 0.3) is 0 Å². The number of hydrogen-bond acceptors (Lipinski definition) is 3. The highest BCUT2D eigenvalue weighted by Gasteiger charge is 2.05. The van der Waals surface area contributed by atoms with Crippen LogP contribution in [0.5, 0.6) is 11.5 Å². The summed E-state index contributed by atoms with van der Waals surface area (Å²) < 4.78 is 10.7. The Hall–Kier alpha value is -1.22. The van der Waals surface area contributed by atoms with Crippen LogP contribution in [0.4, 0.5) is 0 Å². The predicted octanol–water partition coefficient (Wildman–Crippen LogP) is 1.94. The molecule has 0 radical (unpaired) electrons. The highest BCUT2D eigenvalue weighted by molar-refractivity contribution is 5.40. The molecule has 3 nitrogen and oxygen atoms in total. The zero-order chi connectivity index (χ0) is 10.6. The molecule has 78 valence electrons. The Bertz CT molecular complexity index is 297. The van der Waals surface area contributed by atoms with Crippen molar-refractivity contribution in [3.63, 3.8) is 0 Å². The molecule has 0 fully saturated rings. The second-order valence-electron chi connectivity index (χ2n) is 3.34. The van der Waals surface area contributed by atoms with Gasteiger partial charge in [0, 0.05) is 18.2 Å². The van der Waals surface area contributed by atoms with Gasteiger partial charge < -0.3 is 15.2 Å². The zero-order valence-electron chi connectivity index (χ0n) is 8.91. The van der Waals surface area contributed by atoms with Crippen molar-refractivity contribution in [1.82, 2.24) is 0 Å². The quantitative estimate of drug-likeness (QED) is 0.798. The first kappa shape index (κ1) is 10.9. The minimum absolute atomic E-state index is 0.146. The van der Waals surface area contributed by atoms with Crippen molar-refractivity contribution in [2.45, 2.75) is 26.5 Å². The number of rotatable bonds is 4. The first-order chi connectivity index (χ1) is 6.67. The van der Waals surface area contributed by atoms with Gasteiger partial charge in [-0.15, -0.1) is 0 Å². The van der Waals surface area contributed by atoms with Gasteiger partial charge in [-0.05, 0) is 19.9 Å². The molecule has 0 amide bonds. The lowest BCUT2D eigenvalue weighted by molar-refractivity contribution is 0.239. The summed E-state index contributed by atoms with van der Waals surface area (Å²) in [7, 11) is 1.64. The molecule has 0 aromatic heterocycles. The lowest BCUT2D eigenvalue weighted by Crippen LogP contribution is -2.09. The van der Waals surface area contributed by atoms with Crippen LogP contribution in [0.1, 0.15) is 19.4 Å². The van der Waals surface area contributed by atoms with Crippen LogP contribution < -0.4 is 15.2 Å². The third-order valence-electron chi connectivity index (χ3n) is 1.86. The molecule has 0 aliphatic carbocycles. The van der Waals surface area contributed by atoms with Gasteiger partial charge in [0.1, 0.15) is 11.5 Å². The van der Waals surface area contributed by atoms with E-state index in [-0.39, 0.29) is 6.10 Å². The van der Waals surface area contributed by atoms with Gasteiger partial charge in [-0.1, -0.05) is 6.07 Å². The average molecular weight is 195 g/mol. The molecule has 0 unspecified atom stereocenters. The van der Waals surface area contributed by atoms with E-state index in [4.69, 9.17) is 15.2 Å². The molecule has 14 heavy (non-hydrogen) atoms. The maximum absolute atomic E-state index is 5.62. The van der Waals surface area contributed by atoms with E-state index in [1.165, 1.54) is 0 Å². The van der Waals surface area contributed by atoms with Crippen LogP contribution in [0, 0.1) is 0 Å². The van der Waals surface area contributed by atoms with E-state index in [2.05, 4.69) is 0 Å². The molecule has 1 aromatic carbocycles. The van der Waals surface area contributed by atoms with Crippen LogP contribution in [0.15, 0.2) is 18.2 Å². The van der Waals surface area contributed by atoms with Gasteiger partial charge in [0.05, 0.1) is 13.2 Å². The maximum atomic E-state index is 5.62. The molecule has 1 rings (SSSR count). The Balaban J connectivity index is 2.96. The summed E-state index contributed by atoms with van der Waals surface area (Å²) >= 11 is 0. The van der Waals surface area contributed by atoms with Crippen LogP contribution in [0.2, 0.25) is 0 Å². The zero-order valence-corrected chi connectivity index (χ0v) is 8.91. The van der Waals surface area contributed by atoms with Crippen molar-refractivity contribution in [3.05, 3.63) is 23.8 Å². The Kier molecular flexibility index (Phi) is 3.77. The standard InChI is InChI=1S/C11H17NO2/c1-8(2)14-11-6-10(13-3)5-4-9(11)7-12/h4-6,8H,7,12H2,1-3H3. The van der Waals surface area contributed by atoms with E-state index in [0.29, 0.717) is 6.54 Å². The first-order valence-corrected chi connectivity index (χ1v) is 4.71. The molecule has 1 aromatic rings. The largest absolute Gasteiger partial charge is 0.497 e. The van der Waals surface area contributed by atoms with Gasteiger partial charge in [0.15, 0.2) is 0 Å². The molecule has 3 heteroatoms. The lowest BCUT2D eigenvalue weighted by atomic mass is 10.2. The van der Waals surface area contributed by atoms with Gasteiger partial charge in [-0.2, -0.15) is 0 Å². The number of methoxy groups -OCH3 is 1. The number of ether oxygens (including phenoxy) is 2. The molecule has 2 N–H and O–H groups in total. The Morgan fingerprint density at radius 1 is 1.36 bits per heavy atom. The van der Waals surface area contributed by atoms with Crippen molar-refractivity contribution in [2.24, 2.45) is 5.73 Å². The fourth-order valence-corrected chi connectivity index (χ4v) is 1.19.